The molecule has 1 aliphatic heterocycles. The zero-order valence-electron chi connectivity index (χ0n) is 30.6. The first kappa shape index (κ1) is 31.1. The summed E-state index contributed by atoms with van der Waals surface area (Å²) >= 11 is 0. The van der Waals surface area contributed by atoms with Crippen molar-refractivity contribution in [3.8, 4) is 39.1 Å². The van der Waals surface area contributed by atoms with Crippen molar-refractivity contribution in [1.82, 2.24) is 4.57 Å². The summed E-state index contributed by atoms with van der Waals surface area (Å²) in [5.41, 5.74) is 19.5. The average molecular weight is 690 g/mol. The van der Waals surface area contributed by atoms with Gasteiger partial charge in [0.05, 0.1) is 16.7 Å². The Morgan fingerprint density at radius 1 is 0.444 bits per heavy atom. The van der Waals surface area contributed by atoms with E-state index >= 15 is 0 Å². The van der Waals surface area contributed by atoms with Crippen LogP contribution in [0.5, 0.6) is 0 Å². The number of benzene rings is 8. The molecule has 1 aromatic heterocycles. The number of para-hydroxylation sites is 1. The quantitative estimate of drug-likeness (QED) is 0.173. The number of allylic oxidation sites excluding steroid dienone is 1. The van der Waals surface area contributed by atoms with Gasteiger partial charge in [0.2, 0.25) is 0 Å². The van der Waals surface area contributed by atoms with Gasteiger partial charge in [-0.25, -0.2) is 0 Å². The van der Waals surface area contributed by atoms with Crippen molar-refractivity contribution >= 4 is 44.2 Å². The second kappa shape index (κ2) is 11.8. The van der Waals surface area contributed by atoms with Crippen molar-refractivity contribution in [3.05, 3.63) is 198 Å². The van der Waals surface area contributed by atoms with Crippen LogP contribution < -0.4 is 0 Å². The van der Waals surface area contributed by atoms with Crippen LogP contribution in [0.25, 0.3) is 83.3 Å². The van der Waals surface area contributed by atoms with Crippen molar-refractivity contribution < 1.29 is 0 Å². The smallest absolute Gasteiger partial charge is 0.0582 e. The maximum absolute atomic E-state index is 2.53. The van der Waals surface area contributed by atoms with Gasteiger partial charge in [-0.15, -0.1) is 0 Å². The molecule has 0 spiro atoms. The summed E-state index contributed by atoms with van der Waals surface area (Å²) in [4.78, 5) is 0. The molecule has 54 heavy (non-hydrogen) atoms. The molecule has 0 bridgehead atoms. The van der Waals surface area contributed by atoms with Crippen molar-refractivity contribution in [1.29, 1.82) is 0 Å². The van der Waals surface area contributed by atoms with Crippen molar-refractivity contribution in [3.63, 3.8) is 0 Å². The lowest BCUT2D eigenvalue weighted by atomic mass is 9.74. The highest BCUT2D eigenvalue weighted by Crippen LogP contribution is 2.49. The fourth-order valence-electron chi connectivity index (χ4n) is 9.35. The number of aromatic nitrogens is 1. The number of aryl methyl sites for hydroxylation is 1. The molecular formula is C53H39N. The zero-order valence-corrected chi connectivity index (χ0v) is 30.6. The number of hydrogen-bond donors (Lipinski definition) is 0. The predicted molar refractivity (Wildman–Crippen MR) is 229 cm³/mol. The minimum absolute atomic E-state index is 0.163. The van der Waals surface area contributed by atoms with Crippen molar-refractivity contribution in [2.45, 2.75) is 32.1 Å². The molecule has 0 N–H and O–H groups in total. The molecule has 0 radical (unpaired) electrons. The van der Waals surface area contributed by atoms with Crippen LogP contribution in [0.4, 0.5) is 0 Å². The van der Waals surface area contributed by atoms with E-state index in [9.17, 15) is 0 Å². The van der Waals surface area contributed by atoms with E-state index in [1.54, 1.807) is 0 Å². The second-order valence-electron chi connectivity index (χ2n) is 15.7. The molecule has 256 valence electrons. The Bertz CT molecular complexity index is 2990. The van der Waals surface area contributed by atoms with Crippen LogP contribution in [0, 0.1) is 0 Å². The second-order valence-corrected chi connectivity index (χ2v) is 15.7. The van der Waals surface area contributed by atoms with Gasteiger partial charge in [0.15, 0.2) is 0 Å². The van der Waals surface area contributed by atoms with E-state index in [1.807, 2.05) is 0 Å². The molecule has 8 aromatic carbocycles. The minimum Gasteiger partial charge on any atom is -0.309 e. The van der Waals surface area contributed by atoms with Crippen LogP contribution in [-0.4, -0.2) is 4.57 Å². The summed E-state index contributed by atoms with van der Waals surface area (Å²) in [6.45, 7) is 4.79. The summed E-state index contributed by atoms with van der Waals surface area (Å²) in [7, 11) is 0. The van der Waals surface area contributed by atoms with E-state index in [1.165, 1.54) is 105 Å². The summed E-state index contributed by atoms with van der Waals surface area (Å²) in [6, 6.07) is 63.4. The fraction of sp³-hybridized carbons (Fsp3) is 0.0943. The molecule has 0 amide bonds. The third-order valence-corrected chi connectivity index (χ3v) is 12.2. The molecule has 1 nitrogen and oxygen atoms in total. The third kappa shape index (κ3) is 4.78. The Kier molecular flexibility index (Phi) is 6.79. The van der Waals surface area contributed by atoms with E-state index in [-0.39, 0.29) is 5.41 Å². The molecular weight excluding hydrogens is 651 g/mol. The topological polar surface area (TPSA) is 4.93 Å². The minimum atomic E-state index is -0.163. The molecule has 2 aliphatic rings. The average Bonchev–Trinajstić information content (AvgIpc) is 3.56. The van der Waals surface area contributed by atoms with Gasteiger partial charge < -0.3 is 4.57 Å². The number of fused-ring (bicyclic) bond motifs is 7. The van der Waals surface area contributed by atoms with Crippen LogP contribution in [-0.2, 0) is 11.8 Å². The lowest BCUT2D eigenvalue weighted by molar-refractivity contribution is 0.630. The lowest BCUT2D eigenvalue weighted by Crippen LogP contribution is -2.26. The molecule has 0 saturated heterocycles. The van der Waals surface area contributed by atoms with Gasteiger partial charge in [-0.05, 0) is 133 Å². The Hall–Kier alpha value is -6.44. The molecule has 1 heteroatoms. The number of rotatable bonds is 4. The van der Waals surface area contributed by atoms with E-state index in [4.69, 9.17) is 0 Å². The van der Waals surface area contributed by atoms with E-state index in [2.05, 4.69) is 194 Å². The van der Waals surface area contributed by atoms with Gasteiger partial charge in [-0.1, -0.05) is 147 Å². The van der Waals surface area contributed by atoms with Crippen LogP contribution in [0.15, 0.2) is 170 Å². The zero-order chi connectivity index (χ0) is 36.0. The van der Waals surface area contributed by atoms with Gasteiger partial charge in [-0.2, -0.15) is 0 Å². The van der Waals surface area contributed by atoms with Crippen LogP contribution in [0.3, 0.4) is 0 Å². The predicted octanol–water partition coefficient (Wildman–Crippen LogP) is 14.1. The Morgan fingerprint density at radius 3 is 1.83 bits per heavy atom. The monoisotopic (exact) mass is 689 g/mol. The Labute approximate surface area is 316 Å². The summed E-state index contributed by atoms with van der Waals surface area (Å²) < 4.78 is 2.53. The summed E-state index contributed by atoms with van der Waals surface area (Å²) in [5, 5.41) is 5.13. The van der Waals surface area contributed by atoms with Gasteiger partial charge in [0.25, 0.3) is 0 Å². The van der Waals surface area contributed by atoms with Gasteiger partial charge >= 0.3 is 0 Å². The fourth-order valence-corrected chi connectivity index (χ4v) is 9.35. The van der Waals surface area contributed by atoms with Crippen molar-refractivity contribution in [2.24, 2.45) is 0 Å². The Balaban J connectivity index is 1.08. The van der Waals surface area contributed by atoms with Crippen molar-refractivity contribution in [2.75, 3.05) is 0 Å². The molecule has 2 heterocycles. The summed E-state index contributed by atoms with van der Waals surface area (Å²) in [6.07, 6.45) is 4.52. The van der Waals surface area contributed by atoms with E-state index < -0.39 is 0 Å². The Morgan fingerprint density at radius 2 is 1.06 bits per heavy atom. The molecule has 0 fully saturated rings. The standard InChI is InChI=1S/C53H39N/c1-53(2)48-15-9-10-16-51(48)54-50-26-25-44(42-22-21-38-27-36(17-19-40(38)29-42)34-11-5-3-6-12-34)31-46(50)47-32-45(33-49(53)52(47)54)43-24-23-39-28-37(18-20-41(39)30-43)35-13-7-4-8-14-35/h3-16,18,20-33H,17,19H2,1-2H3. The third-order valence-electron chi connectivity index (χ3n) is 12.2. The van der Waals surface area contributed by atoms with Crippen LogP contribution in [0.2, 0.25) is 0 Å². The van der Waals surface area contributed by atoms with Crippen LogP contribution >= 0.6 is 0 Å². The first-order valence-electron chi connectivity index (χ1n) is 19.2. The van der Waals surface area contributed by atoms with E-state index in [0.29, 0.717) is 0 Å². The molecule has 1 aliphatic carbocycles. The maximum atomic E-state index is 2.53. The first-order valence-corrected chi connectivity index (χ1v) is 19.2. The van der Waals surface area contributed by atoms with Gasteiger partial charge in [0.1, 0.15) is 0 Å². The van der Waals surface area contributed by atoms with Crippen LogP contribution in [0.1, 0.15) is 48.1 Å². The molecule has 0 saturated carbocycles. The SMILES string of the molecule is CC1(C)c2ccccc2-n2c3ccc(-c4ccc5c(c4)CCC(c4ccccc4)=C5)cc3c3cc(-c4ccc5cc(-c6ccccc6)ccc5c4)cc1c32. The highest BCUT2D eigenvalue weighted by Gasteiger charge is 2.35. The summed E-state index contributed by atoms with van der Waals surface area (Å²) in [5.74, 6) is 0. The molecule has 9 aromatic rings. The largest absolute Gasteiger partial charge is 0.309 e. The highest BCUT2D eigenvalue weighted by molar-refractivity contribution is 6.14. The lowest BCUT2D eigenvalue weighted by Gasteiger charge is -2.35. The number of nitrogens with zero attached hydrogens (tertiary/aromatic N) is 1. The first-order chi connectivity index (χ1) is 26.5. The normalized spacial score (nSPS) is 14.2. The molecule has 11 rings (SSSR count). The maximum Gasteiger partial charge on any atom is 0.0582 e. The van der Waals surface area contributed by atoms with Gasteiger partial charge in [0, 0.05) is 16.2 Å². The molecule has 0 unspecified atom stereocenters. The molecule has 0 atom stereocenters. The number of hydrogen-bond acceptors (Lipinski definition) is 0. The van der Waals surface area contributed by atoms with Gasteiger partial charge in [-0.3, -0.25) is 0 Å². The van der Waals surface area contributed by atoms with E-state index in [0.717, 1.165) is 12.8 Å². The highest BCUT2D eigenvalue weighted by atomic mass is 15.0.